The molecule has 1 aromatic rings. The smallest absolute Gasteiger partial charge is 0.242 e. The number of ether oxygens (including phenoxy) is 1. The Morgan fingerprint density at radius 1 is 1.40 bits per heavy atom. The van der Waals surface area contributed by atoms with Crippen LogP contribution in [0.3, 0.4) is 0 Å². The summed E-state index contributed by atoms with van der Waals surface area (Å²) in [6.45, 7) is 4.81. The number of sulfonamides is 1. The fourth-order valence-corrected chi connectivity index (χ4v) is 3.94. The number of nitrogen functional groups attached to an aromatic ring is 1. The summed E-state index contributed by atoms with van der Waals surface area (Å²) in [7, 11) is -3.57. The highest BCUT2D eigenvalue weighted by Gasteiger charge is 2.22. The van der Waals surface area contributed by atoms with Crippen LogP contribution in [0.2, 0.25) is 0 Å². The second-order valence-corrected chi connectivity index (χ2v) is 6.95. The monoisotopic (exact) mass is 298 g/mol. The van der Waals surface area contributed by atoms with E-state index in [2.05, 4.69) is 4.72 Å². The summed E-state index contributed by atoms with van der Waals surface area (Å²) in [5, 5.41) is 0. The zero-order chi connectivity index (χ0) is 14.8. The lowest BCUT2D eigenvalue weighted by Gasteiger charge is -2.14. The van der Waals surface area contributed by atoms with Gasteiger partial charge in [0.25, 0.3) is 0 Å². The molecule has 3 N–H and O–H groups in total. The zero-order valence-electron chi connectivity index (χ0n) is 12.0. The molecule has 2 rings (SSSR count). The number of anilines is 1. The highest BCUT2D eigenvalue weighted by atomic mass is 32.2. The van der Waals surface area contributed by atoms with E-state index in [1.54, 1.807) is 13.0 Å². The van der Waals surface area contributed by atoms with Crippen molar-refractivity contribution in [3.8, 4) is 0 Å². The van der Waals surface area contributed by atoms with E-state index in [9.17, 15) is 8.42 Å². The predicted molar refractivity (Wildman–Crippen MR) is 79.1 cm³/mol. The van der Waals surface area contributed by atoms with Crippen molar-refractivity contribution in [1.29, 1.82) is 0 Å². The Hall–Kier alpha value is -1.11. The van der Waals surface area contributed by atoms with Gasteiger partial charge in [0.1, 0.15) is 4.90 Å². The summed E-state index contributed by atoms with van der Waals surface area (Å²) in [4.78, 5) is 0.199. The maximum absolute atomic E-state index is 12.4. The number of hydrogen-bond acceptors (Lipinski definition) is 4. The molecule has 0 saturated carbocycles. The Kier molecular flexibility index (Phi) is 4.67. The average Bonchev–Trinajstić information content (AvgIpc) is 2.87. The number of rotatable bonds is 5. The Labute approximate surface area is 120 Å². The first-order valence-electron chi connectivity index (χ1n) is 6.89. The number of nitrogens with one attached hydrogen (secondary N) is 1. The molecule has 1 saturated heterocycles. The number of benzene rings is 1. The van der Waals surface area contributed by atoms with Gasteiger partial charge >= 0.3 is 0 Å². The quantitative estimate of drug-likeness (QED) is 0.811. The molecular formula is C14H22N2O3S. The predicted octanol–water partition coefficient (Wildman–Crippen LogP) is 1.73. The molecule has 1 heterocycles. The Morgan fingerprint density at radius 2 is 2.15 bits per heavy atom. The summed E-state index contributed by atoms with van der Waals surface area (Å²) in [5.74, 6) is 0. The first kappa shape index (κ1) is 15.3. The first-order chi connectivity index (χ1) is 9.42. The molecule has 0 bridgehead atoms. The third-order valence-electron chi connectivity index (χ3n) is 3.76. The van der Waals surface area contributed by atoms with Gasteiger partial charge in [0.2, 0.25) is 10.0 Å². The van der Waals surface area contributed by atoms with Crippen LogP contribution in [0.1, 0.15) is 30.4 Å². The van der Waals surface area contributed by atoms with Crippen LogP contribution < -0.4 is 10.5 Å². The average molecular weight is 298 g/mol. The van der Waals surface area contributed by atoms with E-state index in [0.29, 0.717) is 18.5 Å². The second kappa shape index (κ2) is 6.11. The van der Waals surface area contributed by atoms with Gasteiger partial charge in [-0.1, -0.05) is 6.07 Å². The molecule has 6 heteroatoms. The largest absolute Gasteiger partial charge is 0.398 e. The normalized spacial score (nSPS) is 19.4. The van der Waals surface area contributed by atoms with Crippen LogP contribution in [0.4, 0.5) is 5.69 Å². The van der Waals surface area contributed by atoms with Crippen molar-refractivity contribution in [2.24, 2.45) is 0 Å². The maximum atomic E-state index is 12.4. The minimum Gasteiger partial charge on any atom is -0.398 e. The van der Waals surface area contributed by atoms with Crippen LogP contribution in [0.15, 0.2) is 17.0 Å². The van der Waals surface area contributed by atoms with Crippen LogP contribution in [0, 0.1) is 13.8 Å². The van der Waals surface area contributed by atoms with E-state index in [-0.39, 0.29) is 16.7 Å². The topological polar surface area (TPSA) is 81.4 Å². The summed E-state index contributed by atoms with van der Waals surface area (Å²) >= 11 is 0. The first-order valence-corrected chi connectivity index (χ1v) is 8.37. The molecule has 1 aromatic carbocycles. The minimum atomic E-state index is -3.57. The fraction of sp³-hybridized carbons (Fsp3) is 0.571. The van der Waals surface area contributed by atoms with Gasteiger partial charge in [-0.05, 0) is 50.3 Å². The van der Waals surface area contributed by atoms with Crippen molar-refractivity contribution >= 4 is 15.7 Å². The highest BCUT2D eigenvalue weighted by molar-refractivity contribution is 7.89. The molecule has 0 aliphatic carbocycles. The molecular weight excluding hydrogens is 276 g/mol. The van der Waals surface area contributed by atoms with Crippen molar-refractivity contribution in [3.05, 3.63) is 23.3 Å². The number of nitrogens with two attached hydrogens (primary N) is 1. The number of hydrogen-bond donors (Lipinski definition) is 2. The molecule has 0 spiro atoms. The zero-order valence-corrected chi connectivity index (χ0v) is 12.8. The van der Waals surface area contributed by atoms with Gasteiger partial charge in [-0.3, -0.25) is 0 Å². The second-order valence-electron chi connectivity index (χ2n) is 5.25. The Bertz CT molecular complexity index is 578. The molecule has 1 unspecified atom stereocenters. The van der Waals surface area contributed by atoms with Gasteiger partial charge in [-0.15, -0.1) is 0 Å². The van der Waals surface area contributed by atoms with E-state index in [4.69, 9.17) is 10.5 Å². The van der Waals surface area contributed by atoms with Gasteiger partial charge in [-0.2, -0.15) is 0 Å². The summed E-state index contributed by atoms with van der Waals surface area (Å²) in [6, 6.07) is 3.47. The molecule has 1 aliphatic heterocycles. The van der Waals surface area contributed by atoms with Crippen LogP contribution in [0.5, 0.6) is 0 Å². The fourth-order valence-electron chi connectivity index (χ4n) is 2.47. The van der Waals surface area contributed by atoms with Crippen molar-refractivity contribution in [2.45, 2.75) is 44.1 Å². The molecule has 0 amide bonds. The van der Waals surface area contributed by atoms with Crippen LogP contribution in [-0.4, -0.2) is 27.7 Å². The van der Waals surface area contributed by atoms with Crippen LogP contribution >= 0.6 is 0 Å². The number of aryl methyl sites for hydroxylation is 1. The Balaban J connectivity index is 2.08. The Morgan fingerprint density at radius 3 is 2.80 bits per heavy atom. The molecule has 0 radical (unpaired) electrons. The van der Waals surface area contributed by atoms with Gasteiger partial charge in [0, 0.05) is 13.2 Å². The standard InChI is InChI=1S/C14H22N2O3S/c1-10-5-6-13(15)14(11(10)2)20(17,18)16-8-7-12-4-3-9-19-12/h5-6,12,16H,3-4,7-9,15H2,1-2H3. The third kappa shape index (κ3) is 3.31. The van der Waals surface area contributed by atoms with Gasteiger partial charge < -0.3 is 10.5 Å². The van der Waals surface area contributed by atoms with Gasteiger partial charge in [-0.25, -0.2) is 13.1 Å². The highest BCUT2D eigenvalue weighted by Crippen LogP contribution is 2.25. The lowest BCUT2D eigenvalue weighted by molar-refractivity contribution is 0.105. The molecule has 1 atom stereocenters. The maximum Gasteiger partial charge on any atom is 0.242 e. The van der Waals surface area contributed by atoms with Crippen molar-refractivity contribution in [2.75, 3.05) is 18.9 Å². The van der Waals surface area contributed by atoms with Gasteiger partial charge in [0.15, 0.2) is 0 Å². The van der Waals surface area contributed by atoms with Gasteiger partial charge in [0.05, 0.1) is 11.8 Å². The molecule has 1 aliphatic rings. The van der Waals surface area contributed by atoms with Crippen molar-refractivity contribution < 1.29 is 13.2 Å². The summed E-state index contributed by atoms with van der Waals surface area (Å²) < 4.78 is 32.8. The van der Waals surface area contributed by atoms with Crippen molar-refractivity contribution in [3.63, 3.8) is 0 Å². The van der Waals surface area contributed by atoms with E-state index in [1.165, 1.54) is 0 Å². The van der Waals surface area contributed by atoms with Crippen LogP contribution in [0.25, 0.3) is 0 Å². The van der Waals surface area contributed by atoms with E-state index in [0.717, 1.165) is 25.0 Å². The van der Waals surface area contributed by atoms with E-state index in [1.807, 2.05) is 13.0 Å². The van der Waals surface area contributed by atoms with E-state index >= 15 is 0 Å². The molecule has 1 fully saturated rings. The summed E-state index contributed by atoms with van der Waals surface area (Å²) in [5.41, 5.74) is 7.73. The summed E-state index contributed by atoms with van der Waals surface area (Å²) in [6.07, 6.45) is 2.94. The molecule has 20 heavy (non-hydrogen) atoms. The molecule has 5 nitrogen and oxygen atoms in total. The molecule has 0 aromatic heterocycles. The van der Waals surface area contributed by atoms with Crippen LogP contribution in [-0.2, 0) is 14.8 Å². The third-order valence-corrected chi connectivity index (χ3v) is 5.42. The SMILES string of the molecule is Cc1ccc(N)c(S(=O)(=O)NCCC2CCCO2)c1C. The van der Waals surface area contributed by atoms with E-state index < -0.39 is 10.0 Å². The minimum absolute atomic E-state index is 0.175. The molecule has 112 valence electrons. The lowest BCUT2D eigenvalue weighted by Crippen LogP contribution is -2.28. The lowest BCUT2D eigenvalue weighted by atomic mass is 10.1. The van der Waals surface area contributed by atoms with Crippen molar-refractivity contribution in [1.82, 2.24) is 4.72 Å².